The number of carbonyl (C=O) groups excluding carboxylic acids is 1. The van der Waals surface area contributed by atoms with Crippen LogP contribution in [0.1, 0.15) is 23.3 Å². The van der Waals surface area contributed by atoms with Crippen molar-refractivity contribution in [3.05, 3.63) is 59.3 Å². The number of anilines is 1. The number of urea groups is 1. The molecule has 0 bridgehead atoms. The molecule has 8 heteroatoms. The number of amides is 2. The molecule has 0 fully saturated rings. The van der Waals surface area contributed by atoms with Crippen molar-refractivity contribution < 1.29 is 9.21 Å². The maximum absolute atomic E-state index is 12.6. The number of rotatable bonds is 6. The lowest BCUT2D eigenvalue weighted by Crippen LogP contribution is -2.34. The standard InChI is InChI=1S/C16H17N5O2S/c1-2-14-19-20-15(24-14)18-16(22)21(11-13-6-4-8-23-13)10-12-5-3-7-17-9-12/h3-9H,2,10-11H2,1H3,(H,18,20,22). The van der Waals surface area contributed by atoms with Crippen molar-refractivity contribution in [3.8, 4) is 0 Å². The van der Waals surface area contributed by atoms with E-state index in [1.54, 1.807) is 29.6 Å². The Balaban J connectivity index is 1.73. The summed E-state index contributed by atoms with van der Waals surface area (Å²) in [6, 6.07) is 7.15. The lowest BCUT2D eigenvalue weighted by Gasteiger charge is -2.21. The number of carbonyl (C=O) groups is 1. The Kier molecular flexibility index (Phi) is 5.17. The summed E-state index contributed by atoms with van der Waals surface area (Å²) in [6.45, 7) is 2.77. The molecule has 0 aromatic carbocycles. The maximum atomic E-state index is 12.6. The van der Waals surface area contributed by atoms with Crippen LogP contribution >= 0.6 is 11.3 Å². The third-order valence-electron chi connectivity index (χ3n) is 3.29. The molecule has 0 aliphatic carbocycles. The van der Waals surface area contributed by atoms with Crippen LogP contribution in [0, 0.1) is 0 Å². The van der Waals surface area contributed by atoms with Gasteiger partial charge < -0.3 is 9.32 Å². The lowest BCUT2D eigenvalue weighted by molar-refractivity contribution is 0.201. The number of nitrogens with zero attached hydrogens (tertiary/aromatic N) is 4. The van der Waals surface area contributed by atoms with E-state index in [9.17, 15) is 4.79 Å². The van der Waals surface area contributed by atoms with E-state index < -0.39 is 0 Å². The Hall–Kier alpha value is -2.74. The fourth-order valence-corrected chi connectivity index (χ4v) is 2.79. The van der Waals surface area contributed by atoms with E-state index in [2.05, 4.69) is 20.5 Å². The van der Waals surface area contributed by atoms with Crippen molar-refractivity contribution in [1.82, 2.24) is 20.1 Å². The van der Waals surface area contributed by atoms with Crippen molar-refractivity contribution in [2.24, 2.45) is 0 Å². The zero-order valence-electron chi connectivity index (χ0n) is 13.2. The smallest absolute Gasteiger partial charge is 0.324 e. The number of aryl methyl sites for hydroxylation is 1. The number of hydrogen-bond acceptors (Lipinski definition) is 6. The zero-order chi connectivity index (χ0) is 16.8. The second-order valence-electron chi connectivity index (χ2n) is 5.08. The Labute approximate surface area is 143 Å². The first-order valence-corrected chi connectivity index (χ1v) is 8.36. The summed E-state index contributed by atoms with van der Waals surface area (Å²) in [5.41, 5.74) is 0.936. The van der Waals surface area contributed by atoms with Gasteiger partial charge in [-0.05, 0) is 30.2 Å². The second kappa shape index (κ2) is 7.69. The molecule has 0 radical (unpaired) electrons. The van der Waals surface area contributed by atoms with Crippen molar-refractivity contribution in [2.75, 3.05) is 5.32 Å². The molecule has 2 amide bonds. The molecule has 0 saturated carbocycles. The monoisotopic (exact) mass is 343 g/mol. The second-order valence-corrected chi connectivity index (χ2v) is 6.14. The van der Waals surface area contributed by atoms with Gasteiger partial charge in [-0.15, -0.1) is 10.2 Å². The van der Waals surface area contributed by atoms with Crippen LogP contribution in [-0.2, 0) is 19.5 Å². The number of hydrogen-bond donors (Lipinski definition) is 1. The highest BCUT2D eigenvalue weighted by Crippen LogP contribution is 2.17. The van der Waals surface area contributed by atoms with Gasteiger partial charge in [-0.2, -0.15) is 0 Å². The van der Waals surface area contributed by atoms with Crippen LogP contribution in [0.15, 0.2) is 47.3 Å². The highest BCUT2D eigenvalue weighted by Gasteiger charge is 2.18. The van der Waals surface area contributed by atoms with Crippen LogP contribution in [-0.4, -0.2) is 26.1 Å². The number of nitrogens with one attached hydrogen (secondary N) is 1. The fraction of sp³-hybridized carbons (Fsp3) is 0.250. The Morgan fingerprint density at radius 3 is 2.88 bits per heavy atom. The molecule has 0 aliphatic rings. The number of aromatic nitrogens is 3. The largest absolute Gasteiger partial charge is 0.467 e. The van der Waals surface area contributed by atoms with Gasteiger partial charge in [0.1, 0.15) is 10.8 Å². The van der Waals surface area contributed by atoms with Gasteiger partial charge in [-0.25, -0.2) is 4.79 Å². The molecule has 0 saturated heterocycles. The molecule has 3 heterocycles. The van der Waals surface area contributed by atoms with Crippen molar-refractivity contribution in [3.63, 3.8) is 0 Å². The third kappa shape index (κ3) is 4.17. The first-order valence-electron chi connectivity index (χ1n) is 7.54. The molecule has 0 unspecified atom stereocenters. The summed E-state index contributed by atoms with van der Waals surface area (Å²) in [5, 5.41) is 12.2. The molecule has 0 aliphatic heterocycles. The van der Waals surface area contributed by atoms with Crippen molar-refractivity contribution >= 4 is 22.5 Å². The molecule has 3 rings (SSSR count). The quantitative estimate of drug-likeness (QED) is 0.742. The van der Waals surface area contributed by atoms with Gasteiger partial charge in [0.05, 0.1) is 12.8 Å². The summed E-state index contributed by atoms with van der Waals surface area (Å²) in [6.07, 6.45) is 5.82. The van der Waals surface area contributed by atoms with Gasteiger partial charge in [-0.1, -0.05) is 24.3 Å². The van der Waals surface area contributed by atoms with Gasteiger partial charge in [-0.3, -0.25) is 10.3 Å². The van der Waals surface area contributed by atoms with Gasteiger partial charge >= 0.3 is 6.03 Å². The average Bonchev–Trinajstić information content (AvgIpc) is 3.27. The third-order valence-corrected chi connectivity index (χ3v) is 4.28. The molecule has 3 aromatic heterocycles. The van der Waals surface area contributed by atoms with Crippen LogP contribution in [0.2, 0.25) is 0 Å². The molecule has 0 spiro atoms. The fourth-order valence-electron chi connectivity index (χ4n) is 2.12. The van der Waals surface area contributed by atoms with E-state index >= 15 is 0 Å². The predicted molar refractivity (Wildman–Crippen MR) is 90.5 cm³/mol. The van der Waals surface area contributed by atoms with Crippen molar-refractivity contribution in [2.45, 2.75) is 26.4 Å². The SMILES string of the molecule is CCc1nnc(NC(=O)N(Cc2cccnc2)Cc2ccco2)s1. The summed E-state index contributed by atoms with van der Waals surface area (Å²) in [5.74, 6) is 0.709. The maximum Gasteiger partial charge on any atom is 0.324 e. The summed E-state index contributed by atoms with van der Waals surface area (Å²) in [7, 11) is 0. The topological polar surface area (TPSA) is 84.2 Å². The van der Waals surface area contributed by atoms with E-state index in [1.165, 1.54) is 11.3 Å². The van der Waals surface area contributed by atoms with Gasteiger partial charge in [0.2, 0.25) is 5.13 Å². The minimum Gasteiger partial charge on any atom is -0.467 e. The normalized spacial score (nSPS) is 10.5. The predicted octanol–water partition coefficient (Wildman–Crippen LogP) is 3.32. The molecule has 24 heavy (non-hydrogen) atoms. The Bertz CT molecular complexity index is 773. The zero-order valence-corrected chi connectivity index (χ0v) is 14.0. The minimum absolute atomic E-state index is 0.256. The van der Waals surface area contributed by atoms with E-state index in [4.69, 9.17) is 4.42 Å². The van der Waals surface area contributed by atoms with Crippen LogP contribution < -0.4 is 5.32 Å². The molecule has 124 valence electrons. The van der Waals surface area contributed by atoms with Gasteiger partial charge in [0.15, 0.2) is 0 Å². The number of pyridine rings is 1. The summed E-state index contributed by atoms with van der Waals surface area (Å²) in [4.78, 5) is 18.4. The lowest BCUT2D eigenvalue weighted by atomic mass is 10.2. The van der Waals surface area contributed by atoms with Crippen LogP contribution in [0.25, 0.3) is 0 Å². The molecule has 0 atom stereocenters. The van der Waals surface area contributed by atoms with E-state index in [0.29, 0.717) is 24.0 Å². The molecular weight excluding hydrogens is 326 g/mol. The van der Waals surface area contributed by atoms with Crippen LogP contribution in [0.5, 0.6) is 0 Å². The van der Waals surface area contributed by atoms with Gasteiger partial charge in [0, 0.05) is 18.9 Å². The summed E-state index contributed by atoms with van der Waals surface area (Å²) < 4.78 is 5.36. The van der Waals surface area contributed by atoms with E-state index in [0.717, 1.165) is 17.0 Å². The summed E-state index contributed by atoms with van der Waals surface area (Å²) >= 11 is 1.38. The van der Waals surface area contributed by atoms with Crippen molar-refractivity contribution in [1.29, 1.82) is 0 Å². The van der Waals surface area contributed by atoms with E-state index in [1.807, 2.05) is 25.1 Å². The molecular formula is C16H17N5O2S. The average molecular weight is 343 g/mol. The minimum atomic E-state index is -0.256. The van der Waals surface area contributed by atoms with Crippen LogP contribution in [0.4, 0.5) is 9.93 Å². The molecule has 3 aromatic rings. The highest BCUT2D eigenvalue weighted by atomic mass is 32.1. The first-order chi connectivity index (χ1) is 11.7. The number of furan rings is 1. The Morgan fingerprint density at radius 2 is 2.21 bits per heavy atom. The molecule has 1 N–H and O–H groups in total. The van der Waals surface area contributed by atoms with Crippen LogP contribution in [0.3, 0.4) is 0 Å². The Morgan fingerprint density at radius 1 is 1.29 bits per heavy atom. The van der Waals surface area contributed by atoms with E-state index in [-0.39, 0.29) is 6.03 Å². The van der Waals surface area contributed by atoms with Gasteiger partial charge in [0.25, 0.3) is 0 Å². The highest BCUT2D eigenvalue weighted by molar-refractivity contribution is 7.15. The first kappa shape index (κ1) is 16.1. The molecule has 7 nitrogen and oxygen atoms in total.